The molecule has 0 aliphatic heterocycles. The zero-order valence-corrected chi connectivity index (χ0v) is 14.7. The molecule has 0 aliphatic rings. The van der Waals surface area contributed by atoms with E-state index >= 15 is 0 Å². The summed E-state index contributed by atoms with van der Waals surface area (Å²) in [5, 5.41) is 4.79. The average Bonchev–Trinajstić information content (AvgIpc) is 2.77. The van der Waals surface area contributed by atoms with E-state index in [-0.39, 0.29) is 10.7 Å². The highest BCUT2D eigenvalue weighted by Crippen LogP contribution is 2.23. The Bertz CT molecular complexity index is 708. The first-order chi connectivity index (χ1) is 10.0. The SMILES string of the molecule is CCc1nn(CC)c(Cn2c(CC)nc(Cl)cc2=O)c1Br. The lowest BCUT2D eigenvalue weighted by Crippen LogP contribution is -2.26. The topological polar surface area (TPSA) is 52.7 Å². The molecule has 0 aliphatic carbocycles. The number of rotatable bonds is 5. The Morgan fingerprint density at radius 2 is 2.00 bits per heavy atom. The van der Waals surface area contributed by atoms with Gasteiger partial charge in [0.05, 0.1) is 22.4 Å². The summed E-state index contributed by atoms with van der Waals surface area (Å²) in [6.07, 6.45) is 1.49. The molecule has 0 fully saturated rings. The number of aromatic nitrogens is 4. The van der Waals surface area contributed by atoms with Crippen molar-refractivity contribution in [3.63, 3.8) is 0 Å². The van der Waals surface area contributed by atoms with E-state index in [4.69, 9.17) is 11.6 Å². The van der Waals surface area contributed by atoms with Gasteiger partial charge >= 0.3 is 0 Å². The molecule has 0 unspecified atom stereocenters. The second-order valence-corrected chi connectivity index (χ2v) is 5.83. The standard InChI is InChI=1S/C14H18BrClN4O/c1-4-9-14(15)10(20(6-3)18-9)8-19-12(5-2)17-11(16)7-13(19)21/h7H,4-6,8H2,1-3H3. The van der Waals surface area contributed by atoms with Crippen molar-refractivity contribution in [2.45, 2.75) is 46.7 Å². The molecule has 0 saturated heterocycles. The number of aryl methyl sites for hydroxylation is 3. The Morgan fingerprint density at radius 1 is 1.29 bits per heavy atom. The Hall–Kier alpha value is -1.14. The molecule has 0 bridgehead atoms. The third kappa shape index (κ3) is 3.21. The van der Waals surface area contributed by atoms with E-state index in [9.17, 15) is 4.79 Å². The van der Waals surface area contributed by atoms with Crippen LogP contribution >= 0.6 is 27.5 Å². The van der Waals surface area contributed by atoms with Crippen LogP contribution in [0.3, 0.4) is 0 Å². The molecular weight excluding hydrogens is 356 g/mol. The Kier molecular flexibility index (Phi) is 5.22. The van der Waals surface area contributed by atoms with Gasteiger partial charge in [-0.25, -0.2) is 4.98 Å². The minimum absolute atomic E-state index is 0.138. The van der Waals surface area contributed by atoms with E-state index < -0.39 is 0 Å². The van der Waals surface area contributed by atoms with Gasteiger partial charge in [0.1, 0.15) is 11.0 Å². The van der Waals surface area contributed by atoms with Crippen molar-refractivity contribution >= 4 is 27.5 Å². The average molecular weight is 374 g/mol. The van der Waals surface area contributed by atoms with Gasteiger partial charge in [0, 0.05) is 19.0 Å². The van der Waals surface area contributed by atoms with Crippen molar-refractivity contribution < 1.29 is 0 Å². The maximum Gasteiger partial charge on any atom is 0.255 e. The first-order valence-electron chi connectivity index (χ1n) is 7.02. The van der Waals surface area contributed by atoms with Gasteiger partial charge in [0.15, 0.2) is 0 Å². The van der Waals surface area contributed by atoms with Gasteiger partial charge in [-0.05, 0) is 29.3 Å². The summed E-state index contributed by atoms with van der Waals surface area (Å²) in [5.41, 5.74) is 1.84. The third-order valence-corrected chi connectivity index (χ3v) is 4.48. The van der Waals surface area contributed by atoms with Crippen LogP contribution in [0.25, 0.3) is 0 Å². The van der Waals surface area contributed by atoms with Crippen LogP contribution in [0.5, 0.6) is 0 Å². The van der Waals surface area contributed by atoms with E-state index in [1.165, 1.54) is 6.07 Å². The van der Waals surface area contributed by atoms with Gasteiger partial charge in [-0.2, -0.15) is 5.10 Å². The van der Waals surface area contributed by atoms with Gasteiger partial charge in [-0.1, -0.05) is 25.4 Å². The minimum atomic E-state index is -0.138. The lowest BCUT2D eigenvalue weighted by atomic mass is 10.3. The van der Waals surface area contributed by atoms with E-state index in [2.05, 4.69) is 32.9 Å². The fourth-order valence-electron chi connectivity index (χ4n) is 2.28. The first kappa shape index (κ1) is 16.2. The molecule has 21 heavy (non-hydrogen) atoms. The van der Waals surface area contributed by atoms with Crippen LogP contribution in [0.2, 0.25) is 5.15 Å². The number of nitrogens with zero attached hydrogens (tertiary/aromatic N) is 4. The highest BCUT2D eigenvalue weighted by atomic mass is 79.9. The van der Waals surface area contributed by atoms with E-state index in [0.29, 0.717) is 18.8 Å². The molecular formula is C14H18BrClN4O. The molecule has 0 amide bonds. The predicted octanol–water partition coefficient (Wildman–Crippen LogP) is 3.05. The molecule has 0 radical (unpaired) electrons. The van der Waals surface area contributed by atoms with Crippen LogP contribution in [-0.2, 0) is 25.9 Å². The Balaban J connectivity index is 2.53. The van der Waals surface area contributed by atoms with Gasteiger partial charge in [-0.3, -0.25) is 14.0 Å². The molecule has 0 atom stereocenters. The van der Waals surface area contributed by atoms with Gasteiger partial charge in [0.25, 0.3) is 5.56 Å². The predicted molar refractivity (Wildman–Crippen MR) is 87.0 cm³/mol. The van der Waals surface area contributed by atoms with Crippen LogP contribution in [0.15, 0.2) is 15.3 Å². The zero-order chi connectivity index (χ0) is 15.6. The molecule has 2 heterocycles. The van der Waals surface area contributed by atoms with E-state index in [1.807, 2.05) is 18.5 Å². The van der Waals surface area contributed by atoms with Gasteiger partial charge in [0.2, 0.25) is 0 Å². The molecule has 0 saturated carbocycles. The largest absolute Gasteiger partial charge is 0.290 e. The Labute approximate surface area is 137 Å². The second-order valence-electron chi connectivity index (χ2n) is 4.65. The van der Waals surface area contributed by atoms with Crippen LogP contribution in [0.1, 0.15) is 38.0 Å². The molecule has 2 aromatic rings. The van der Waals surface area contributed by atoms with Crippen LogP contribution in [-0.4, -0.2) is 19.3 Å². The zero-order valence-electron chi connectivity index (χ0n) is 12.4. The monoisotopic (exact) mass is 372 g/mol. The van der Waals surface area contributed by atoms with E-state index in [0.717, 1.165) is 28.8 Å². The number of hydrogen-bond donors (Lipinski definition) is 0. The third-order valence-electron chi connectivity index (χ3n) is 3.37. The van der Waals surface area contributed by atoms with Gasteiger partial charge < -0.3 is 0 Å². The maximum absolute atomic E-state index is 12.2. The molecule has 0 spiro atoms. The second kappa shape index (κ2) is 6.75. The molecule has 0 N–H and O–H groups in total. The summed E-state index contributed by atoms with van der Waals surface area (Å²) in [4.78, 5) is 16.4. The van der Waals surface area contributed by atoms with Gasteiger partial charge in [-0.15, -0.1) is 0 Å². The molecule has 114 valence electrons. The van der Waals surface area contributed by atoms with E-state index in [1.54, 1.807) is 4.57 Å². The minimum Gasteiger partial charge on any atom is -0.290 e. The lowest BCUT2D eigenvalue weighted by Gasteiger charge is -2.12. The van der Waals surface area contributed by atoms with Crippen molar-refractivity contribution in [3.8, 4) is 0 Å². The number of hydrogen-bond acceptors (Lipinski definition) is 3. The summed E-state index contributed by atoms with van der Waals surface area (Å²) < 4.78 is 4.54. The van der Waals surface area contributed by atoms with Crippen molar-refractivity contribution in [1.29, 1.82) is 0 Å². The summed E-state index contributed by atoms with van der Waals surface area (Å²) in [6.45, 7) is 7.24. The summed E-state index contributed by atoms with van der Waals surface area (Å²) in [5.74, 6) is 0.682. The summed E-state index contributed by atoms with van der Waals surface area (Å²) in [6, 6.07) is 1.35. The van der Waals surface area contributed by atoms with Crippen LogP contribution in [0, 0.1) is 0 Å². The smallest absolute Gasteiger partial charge is 0.255 e. The molecule has 0 aromatic carbocycles. The lowest BCUT2D eigenvalue weighted by molar-refractivity contribution is 0.573. The molecule has 2 rings (SSSR count). The first-order valence-corrected chi connectivity index (χ1v) is 8.19. The molecule has 5 nitrogen and oxygen atoms in total. The maximum atomic E-state index is 12.2. The highest BCUT2D eigenvalue weighted by Gasteiger charge is 2.16. The van der Waals surface area contributed by atoms with Crippen molar-refractivity contribution in [2.24, 2.45) is 0 Å². The van der Waals surface area contributed by atoms with Crippen molar-refractivity contribution in [2.75, 3.05) is 0 Å². The number of halogens is 2. The highest BCUT2D eigenvalue weighted by molar-refractivity contribution is 9.10. The summed E-state index contributed by atoms with van der Waals surface area (Å²) in [7, 11) is 0. The van der Waals surface area contributed by atoms with Crippen LogP contribution in [0.4, 0.5) is 0 Å². The summed E-state index contributed by atoms with van der Waals surface area (Å²) >= 11 is 9.47. The Morgan fingerprint density at radius 3 is 2.57 bits per heavy atom. The fraction of sp³-hybridized carbons (Fsp3) is 0.500. The quantitative estimate of drug-likeness (QED) is 0.757. The molecule has 7 heteroatoms. The fourth-order valence-corrected chi connectivity index (χ4v) is 3.16. The van der Waals surface area contributed by atoms with Crippen LogP contribution < -0.4 is 5.56 Å². The molecule has 2 aromatic heterocycles. The van der Waals surface area contributed by atoms with Crippen molar-refractivity contribution in [3.05, 3.63) is 43.3 Å². The normalized spacial score (nSPS) is 11.1. The van der Waals surface area contributed by atoms with Crippen molar-refractivity contribution in [1.82, 2.24) is 19.3 Å².